The minimum absolute atomic E-state index is 0.889. The highest BCUT2D eigenvalue weighted by molar-refractivity contribution is 9.09. The van der Waals surface area contributed by atoms with Crippen LogP contribution in [0.1, 0.15) is 40.0 Å². The van der Waals surface area contributed by atoms with Crippen LogP contribution in [0.5, 0.6) is 0 Å². The van der Waals surface area contributed by atoms with Crippen molar-refractivity contribution in [3.05, 3.63) is 0 Å². The van der Waals surface area contributed by atoms with E-state index in [1.807, 2.05) is 0 Å². The van der Waals surface area contributed by atoms with E-state index in [0.717, 1.165) is 11.8 Å². The summed E-state index contributed by atoms with van der Waals surface area (Å²) in [5.74, 6) is 1.79. The summed E-state index contributed by atoms with van der Waals surface area (Å²) < 4.78 is 0. The molecule has 62 valence electrons. The van der Waals surface area contributed by atoms with Crippen LogP contribution in [-0.2, 0) is 0 Å². The van der Waals surface area contributed by atoms with Gasteiger partial charge in [0.2, 0.25) is 0 Å². The highest BCUT2D eigenvalue weighted by Gasteiger charge is 2.12. The lowest BCUT2D eigenvalue weighted by Gasteiger charge is -2.19. The molecule has 0 spiro atoms. The molecule has 0 aliphatic heterocycles. The van der Waals surface area contributed by atoms with Crippen LogP contribution in [0.15, 0.2) is 0 Å². The van der Waals surface area contributed by atoms with E-state index >= 15 is 0 Å². The van der Waals surface area contributed by atoms with Crippen LogP contribution in [0.25, 0.3) is 0 Å². The average molecular weight is 207 g/mol. The lowest BCUT2D eigenvalue weighted by Crippen LogP contribution is -2.11. The second kappa shape index (κ2) is 6.21. The Kier molecular flexibility index (Phi) is 6.50. The van der Waals surface area contributed by atoms with Crippen LogP contribution in [-0.4, -0.2) is 5.33 Å². The molecule has 2 atom stereocenters. The summed E-state index contributed by atoms with van der Waals surface area (Å²) in [6.07, 6.45) is 4.02. The smallest absolute Gasteiger partial charge is 0.00621 e. The average Bonchev–Trinajstić information content (AvgIpc) is 1.91. The summed E-state index contributed by atoms with van der Waals surface area (Å²) in [5, 5.41) is 1.17. The largest absolute Gasteiger partial charge is 0.0925 e. The molecule has 10 heavy (non-hydrogen) atoms. The molecule has 0 radical (unpaired) electrons. The van der Waals surface area contributed by atoms with Crippen LogP contribution in [0.4, 0.5) is 0 Å². The van der Waals surface area contributed by atoms with Crippen molar-refractivity contribution < 1.29 is 0 Å². The predicted octanol–water partition coefficient (Wildman–Crippen LogP) is 3.84. The molecule has 0 saturated heterocycles. The van der Waals surface area contributed by atoms with E-state index in [4.69, 9.17) is 0 Å². The van der Waals surface area contributed by atoms with Crippen molar-refractivity contribution in [1.29, 1.82) is 0 Å². The molecular formula is C9H19Br. The summed E-state index contributed by atoms with van der Waals surface area (Å²) in [6, 6.07) is 0. The van der Waals surface area contributed by atoms with Gasteiger partial charge in [0.25, 0.3) is 0 Å². The number of alkyl halides is 1. The Morgan fingerprint density at radius 2 is 1.90 bits per heavy atom. The molecule has 0 rings (SSSR count). The molecule has 0 aliphatic carbocycles. The number of hydrogen-bond donors (Lipinski definition) is 0. The highest BCUT2D eigenvalue weighted by Crippen LogP contribution is 2.21. The first kappa shape index (κ1) is 10.5. The molecule has 0 amide bonds. The van der Waals surface area contributed by atoms with Gasteiger partial charge in [0.1, 0.15) is 0 Å². The van der Waals surface area contributed by atoms with E-state index in [1.54, 1.807) is 0 Å². The lowest BCUT2D eigenvalue weighted by molar-refractivity contribution is 0.360. The fraction of sp³-hybridized carbons (Fsp3) is 1.00. The maximum Gasteiger partial charge on any atom is 0.00621 e. The molecule has 1 heteroatoms. The van der Waals surface area contributed by atoms with Gasteiger partial charge < -0.3 is 0 Å². The summed E-state index contributed by atoms with van der Waals surface area (Å²) in [5.41, 5.74) is 0. The van der Waals surface area contributed by atoms with E-state index in [2.05, 4.69) is 36.7 Å². The van der Waals surface area contributed by atoms with E-state index in [-0.39, 0.29) is 0 Å². The Labute approximate surface area is 73.5 Å². The Bertz CT molecular complexity index is 67.1. The topological polar surface area (TPSA) is 0 Å². The molecule has 0 aliphatic rings. The van der Waals surface area contributed by atoms with Crippen LogP contribution >= 0.6 is 15.9 Å². The third kappa shape index (κ3) is 3.60. The van der Waals surface area contributed by atoms with Gasteiger partial charge in [-0.25, -0.2) is 0 Å². The molecular weight excluding hydrogens is 188 g/mol. The maximum absolute atomic E-state index is 3.55. The number of hydrogen-bond acceptors (Lipinski definition) is 0. The summed E-state index contributed by atoms with van der Waals surface area (Å²) in [6.45, 7) is 6.90. The number of halogens is 1. The number of rotatable bonds is 5. The van der Waals surface area contributed by atoms with E-state index in [0.29, 0.717) is 0 Å². The summed E-state index contributed by atoms with van der Waals surface area (Å²) in [4.78, 5) is 0. The zero-order valence-electron chi connectivity index (χ0n) is 7.36. The first-order chi connectivity index (χ1) is 4.76. The zero-order valence-corrected chi connectivity index (χ0v) is 8.95. The SMILES string of the molecule is CCCC(C)C(CC)CBr. The molecule has 0 nitrogen and oxygen atoms in total. The molecule has 0 aromatic heterocycles. The van der Waals surface area contributed by atoms with Crippen molar-refractivity contribution in [2.24, 2.45) is 11.8 Å². The second-order valence-electron chi connectivity index (χ2n) is 3.09. The van der Waals surface area contributed by atoms with E-state index < -0.39 is 0 Å². The van der Waals surface area contributed by atoms with Crippen LogP contribution in [0.3, 0.4) is 0 Å². The minimum Gasteiger partial charge on any atom is -0.0925 e. The lowest BCUT2D eigenvalue weighted by atomic mass is 9.90. The maximum atomic E-state index is 3.55. The van der Waals surface area contributed by atoms with Gasteiger partial charge >= 0.3 is 0 Å². The van der Waals surface area contributed by atoms with Gasteiger partial charge in [-0.1, -0.05) is 56.0 Å². The third-order valence-electron chi connectivity index (χ3n) is 2.27. The van der Waals surface area contributed by atoms with Gasteiger partial charge in [-0.3, -0.25) is 0 Å². The van der Waals surface area contributed by atoms with Crippen molar-refractivity contribution >= 4 is 15.9 Å². The minimum atomic E-state index is 0.889. The van der Waals surface area contributed by atoms with Crippen molar-refractivity contribution in [2.75, 3.05) is 5.33 Å². The standard InChI is InChI=1S/C9H19Br/c1-4-6-8(3)9(5-2)7-10/h8-9H,4-7H2,1-3H3. The molecule has 0 aromatic rings. The van der Waals surface area contributed by atoms with Crippen LogP contribution in [0, 0.1) is 11.8 Å². The van der Waals surface area contributed by atoms with Crippen molar-refractivity contribution in [3.8, 4) is 0 Å². The van der Waals surface area contributed by atoms with Crippen molar-refractivity contribution in [3.63, 3.8) is 0 Å². The first-order valence-electron chi connectivity index (χ1n) is 4.32. The molecule has 0 aromatic carbocycles. The monoisotopic (exact) mass is 206 g/mol. The molecule has 0 saturated carbocycles. The second-order valence-corrected chi connectivity index (χ2v) is 3.74. The van der Waals surface area contributed by atoms with Crippen molar-refractivity contribution in [1.82, 2.24) is 0 Å². The summed E-state index contributed by atoms with van der Waals surface area (Å²) in [7, 11) is 0. The van der Waals surface area contributed by atoms with Gasteiger partial charge in [0.15, 0.2) is 0 Å². The Morgan fingerprint density at radius 3 is 2.20 bits per heavy atom. The quantitative estimate of drug-likeness (QED) is 0.601. The first-order valence-corrected chi connectivity index (χ1v) is 5.44. The van der Waals surface area contributed by atoms with Gasteiger partial charge in [0, 0.05) is 5.33 Å². The molecule has 0 N–H and O–H groups in total. The zero-order chi connectivity index (χ0) is 7.98. The van der Waals surface area contributed by atoms with Gasteiger partial charge in [-0.2, -0.15) is 0 Å². The fourth-order valence-electron chi connectivity index (χ4n) is 1.35. The van der Waals surface area contributed by atoms with Crippen LogP contribution in [0.2, 0.25) is 0 Å². The van der Waals surface area contributed by atoms with E-state index in [9.17, 15) is 0 Å². The van der Waals surface area contributed by atoms with Gasteiger partial charge in [0.05, 0.1) is 0 Å². The Balaban J connectivity index is 3.53. The Morgan fingerprint density at radius 1 is 1.30 bits per heavy atom. The fourth-order valence-corrected chi connectivity index (χ4v) is 2.45. The molecule has 0 heterocycles. The predicted molar refractivity (Wildman–Crippen MR) is 51.6 cm³/mol. The van der Waals surface area contributed by atoms with Crippen molar-refractivity contribution in [2.45, 2.75) is 40.0 Å². The van der Waals surface area contributed by atoms with Gasteiger partial charge in [-0.05, 0) is 11.8 Å². The Hall–Kier alpha value is 0.480. The van der Waals surface area contributed by atoms with Crippen LogP contribution < -0.4 is 0 Å². The normalized spacial score (nSPS) is 16.8. The molecule has 0 fully saturated rings. The van der Waals surface area contributed by atoms with E-state index in [1.165, 1.54) is 24.6 Å². The molecule has 2 unspecified atom stereocenters. The third-order valence-corrected chi connectivity index (χ3v) is 3.10. The summed E-state index contributed by atoms with van der Waals surface area (Å²) >= 11 is 3.55. The molecule has 0 bridgehead atoms. The highest BCUT2D eigenvalue weighted by atomic mass is 79.9. The van der Waals surface area contributed by atoms with Gasteiger partial charge in [-0.15, -0.1) is 0 Å².